The van der Waals surface area contributed by atoms with Crippen LogP contribution in [0.3, 0.4) is 0 Å². The number of fused-ring (bicyclic) bond motifs is 3. The molecule has 168 valence electrons. The molecule has 0 fully saturated rings. The molecule has 1 aromatic carbocycles. The molecule has 0 saturated heterocycles. The smallest absolute Gasteiger partial charge is 0.162 e. The quantitative estimate of drug-likeness (QED) is 0.226. The summed E-state index contributed by atoms with van der Waals surface area (Å²) in [5.74, 6) is 1.29. The molecule has 1 aromatic rings. The van der Waals surface area contributed by atoms with Crippen LogP contribution in [0.15, 0.2) is 42.0 Å². The fourth-order valence-corrected chi connectivity index (χ4v) is 5.05. The molecule has 2 unspecified atom stereocenters. The van der Waals surface area contributed by atoms with Gasteiger partial charge in [-0.15, -0.1) is 0 Å². The van der Waals surface area contributed by atoms with E-state index in [-0.39, 0.29) is 5.78 Å². The van der Waals surface area contributed by atoms with Crippen molar-refractivity contribution in [3.05, 3.63) is 58.7 Å². The van der Waals surface area contributed by atoms with Crippen LogP contribution in [-0.4, -0.2) is 11.6 Å². The van der Waals surface area contributed by atoms with Crippen molar-refractivity contribution >= 4 is 11.6 Å². The second kappa shape index (κ2) is 12.2. The number of carbonyl (C=O) groups is 2. The largest absolute Gasteiger partial charge is 0.294 e. The SMILES string of the molecule is CCCCCCCC(=O)C1=CC2Cc3cc(C(=O)CCCCCCC)ccc3C2C=C1. The minimum Gasteiger partial charge on any atom is -0.294 e. The van der Waals surface area contributed by atoms with Gasteiger partial charge in [-0.25, -0.2) is 0 Å². The number of unbranched alkanes of at least 4 members (excludes halogenated alkanes) is 8. The molecule has 0 heterocycles. The molecule has 0 spiro atoms. The van der Waals surface area contributed by atoms with Gasteiger partial charge in [-0.2, -0.15) is 0 Å². The normalized spacial score (nSPS) is 19.1. The maximum Gasteiger partial charge on any atom is 0.162 e. The topological polar surface area (TPSA) is 34.1 Å². The first kappa shape index (κ1) is 23.7. The molecule has 2 heteroatoms. The van der Waals surface area contributed by atoms with Crippen molar-refractivity contribution < 1.29 is 9.59 Å². The molecule has 0 saturated carbocycles. The van der Waals surface area contributed by atoms with Crippen molar-refractivity contribution in [2.24, 2.45) is 5.92 Å². The van der Waals surface area contributed by atoms with E-state index in [9.17, 15) is 9.59 Å². The van der Waals surface area contributed by atoms with Gasteiger partial charge in [-0.1, -0.05) is 95.6 Å². The van der Waals surface area contributed by atoms with Crippen LogP contribution in [0, 0.1) is 5.92 Å². The highest BCUT2D eigenvalue weighted by Crippen LogP contribution is 2.43. The fraction of sp³-hybridized carbons (Fsp3) is 0.586. The van der Waals surface area contributed by atoms with E-state index in [4.69, 9.17) is 0 Å². The molecular formula is C29H40O2. The van der Waals surface area contributed by atoms with Crippen molar-refractivity contribution in [2.75, 3.05) is 0 Å². The van der Waals surface area contributed by atoms with Gasteiger partial charge in [0.15, 0.2) is 11.6 Å². The predicted molar refractivity (Wildman–Crippen MR) is 130 cm³/mol. The number of ketones is 2. The summed E-state index contributed by atoms with van der Waals surface area (Å²) in [5, 5.41) is 0. The van der Waals surface area contributed by atoms with Crippen molar-refractivity contribution in [3.63, 3.8) is 0 Å². The summed E-state index contributed by atoms with van der Waals surface area (Å²) < 4.78 is 0. The van der Waals surface area contributed by atoms with Gasteiger partial charge in [0.05, 0.1) is 0 Å². The Balaban J connectivity index is 1.54. The van der Waals surface area contributed by atoms with E-state index in [0.29, 0.717) is 30.5 Å². The number of hydrogen-bond donors (Lipinski definition) is 0. The summed E-state index contributed by atoms with van der Waals surface area (Å²) in [7, 11) is 0. The van der Waals surface area contributed by atoms with Crippen LogP contribution in [0.25, 0.3) is 0 Å². The van der Waals surface area contributed by atoms with Crippen molar-refractivity contribution in [1.82, 2.24) is 0 Å². The third kappa shape index (κ3) is 6.51. The van der Waals surface area contributed by atoms with Gasteiger partial charge in [-0.05, 0) is 42.4 Å². The number of allylic oxidation sites excluding steroid dienone is 4. The van der Waals surface area contributed by atoms with Gasteiger partial charge >= 0.3 is 0 Å². The molecule has 0 bridgehead atoms. The fourth-order valence-electron chi connectivity index (χ4n) is 5.05. The van der Waals surface area contributed by atoms with E-state index >= 15 is 0 Å². The number of benzene rings is 1. The van der Waals surface area contributed by atoms with Crippen LogP contribution >= 0.6 is 0 Å². The van der Waals surface area contributed by atoms with Crippen LogP contribution < -0.4 is 0 Å². The highest BCUT2D eigenvalue weighted by Gasteiger charge is 2.32. The van der Waals surface area contributed by atoms with Crippen LogP contribution in [0.2, 0.25) is 0 Å². The van der Waals surface area contributed by atoms with E-state index in [0.717, 1.165) is 43.2 Å². The minimum absolute atomic E-state index is 0.277. The monoisotopic (exact) mass is 420 g/mol. The first-order chi connectivity index (χ1) is 15.1. The van der Waals surface area contributed by atoms with E-state index in [1.807, 2.05) is 12.1 Å². The van der Waals surface area contributed by atoms with Gasteiger partial charge in [0, 0.05) is 29.9 Å². The average molecular weight is 421 g/mol. The summed E-state index contributed by atoms with van der Waals surface area (Å²) in [4.78, 5) is 25.3. The maximum atomic E-state index is 12.6. The summed E-state index contributed by atoms with van der Waals surface area (Å²) in [6.45, 7) is 4.43. The van der Waals surface area contributed by atoms with Gasteiger partial charge in [0.1, 0.15) is 0 Å². The standard InChI is InChI=1S/C29H40O2/c1-3-5-7-9-11-13-28(30)22-15-17-26-24(19-22)21-25-20-23(16-18-27(25)26)29(31)14-12-10-8-6-4-2/h15-20,24,26H,3-14,21H2,1-2H3. The highest BCUT2D eigenvalue weighted by molar-refractivity contribution is 5.98. The zero-order valence-electron chi connectivity index (χ0n) is 19.6. The number of rotatable bonds is 14. The number of hydrogen-bond acceptors (Lipinski definition) is 2. The van der Waals surface area contributed by atoms with E-state index in [1.54, 1.807) is 0 Å². The molecule has 2 aliphatic carbocycles. The second-order valence-corrected chi connectivity index (χ2v) is 9.46. The second-order valence-electron chi connectivity index (χ2n) is 9.46. The lowest BCUT2D eigenvalue weighted by Gasteiger charge is -2.19. The molecule has 2 nitrogen and oxygen atoms in total. The van der Waals surface area contributed by atoms with Crippen LogP contribution in [0.1, 0.15) is 118 Å². The van der Waals surface area contributed by atoms with Gasteiger partial charge in [-0.3, -0.25) is 9.59 Å². The molecule has 3 rings (SSSR count). The molecule has 0 aromatic heterocycles. The zero-order valence-corrected chi connectivity index (χ0v) is 19.6. The Morgan fingerprint density at radius 2 is 1.48 bits per heavy atom. The summed E-state index contributed by atoms with van der Waals surface area (Å²) in [6.07, 6.45) is 20.5. The lowest BCUT2D eigenvalue weighted by Crippen LogP contribution is -2.11. The van der Waals surface area contributed by atoms with E-state index in [1.165, 1.54) is 49.7 Å². The summed E-state index contributed by atoms with van der Waals surface area (Å²) in [5.41, 5.74) is 4.39. The summed E-state index contributed by atoms with van der Waals surface area (Å²) >= 11 is 0. The first-order valence-electron chi connectivity index (χ1n) is 12.7. The van der Waals surface area contributed by atoms with Crippen LogP contribution in [0.4, 0.5) is 0 Å². The van der Waals surface area contributed by atoms with Crippen molar-refractivity contribution in [3.8, 4) is 0 Å². The Hall–Kier alpha value is -1.96. The highest BCUT2D eigenvalue weighted by atomic mass is 16.1. The van der Waals surface area contributed by atoms with Crippen molar-refractivity contribution in [1.29, 1.82) is 0 Å². The molecule has 0 radical (unpaired) electrons. The Morgan fingerprint density at radius 3 is 2.16 bits per heavy atom. The molecule has 2 aliphatic rings. The van der Waals surface area contributed by atoms with Gasteiger partial charge in [0.2, 0.25) is 0 Å². The zero-order chi connectivity index (χ0) is 22.1. The van der Waals surface area contributed by atoms with Crippen LogP contribution in [0.5, 0.6) is 0 Å². The third-order valence-electron chi connectivity index (χ3n) is 6.95. The van der Waals surface area contributed by atoms with E-state index in [2.05, 4.69) is 38.1 Å². The average Bonchev–Trinajstić information content (AvgIpc) is 3.15. The Kier molecular flexibility index (Phi) is 9.31. The Morgan fingerprint density at radius 1 is 0.839 bits per heavy atom. The molecule has 0 N–H and O–H groups in total. The summed E-state index contributed by atoms with van der Waals surface area (Å²) in [6, 6.07) is 6.30. The van der Waals surface area contributed by atoms with Gasteiger partial charge in [0.25, 0.3) is 0 Å². The third-order valence-corrected chi connectivity index (χ3v) is 6.95. The van der Waals surface area contributed by atoms with Gasteiger partial charge < -0.3 is 0 Å². The maximum absolute atomic E-state index is 12.6. The minimum atomic E-state index is 0.277. The van der Waals surface area contributed by atoms with Crippen molar-refractivity contribution in [2.45, 2.75) is 103 Å². The van der Waals surface area contributed by atoms with E-state index < -0.39 is 0 Å². The lowest BCUT2D eigenvalue weighted by atomic mass is 9.84. The molecule has 0 amide bonds. The first-order valence-corrected chi connectivity index (χ1v) is 12.7. The molecule has 31 heavy (non-hydrogen) atoms. The number of carbonyl (C=O) groups excluding carboxylic acids is 2. The van der Waals surface area contributed by atoms with Crippen LogP contribution in [-0.2, 0) is 11.2 Å². The molecule has 2 atom stereocenters. The molecular weight excluding hydrogens is 380 g/mol. The number of Topliss-reactive ketones (excluding diaryl/α,β-unsaturated/α-hetero) is 2. The molecule has 0 aliphatic heterocycles. The lowest BCUT2D eigenvalue weighted by molar-refractivity contribution is -0.115. The Bertz CT molecular complexity index is 814. The predicted octanol–water partition coefficient (Wildman–Crippen LogP) is 7.91. The Labute approximate surface area is 189 Å².